The molecule has 0 spiro atoms. The van der Waals surface area contributed by atoms with Crippen molar-refractivity contribution in [2.45, 2.75) is 51.4 Å². The molecule has 0 aromatic carbocycles. The van der Waals surface area contributed by atoms with E-state index >= 15 is 0 Å². The number of aromatic nitrogens is 2. The number of hydrazine groups is 1. The van der Waals surface area contributed by atoms with Crippen molar-refractivity contribution in [1.82, 2.24) is 15.2 Å². The van der Waals surface area contributed by atoms with Crippen molar-refractivity contribution in [3.8, 4) is 0 Å². The molecule has 0 amide bonds. The molecule has 4 nitrogen and oxygen atoms in total. The molecule has 3 N–H and O–H groups in total. The lowest BCUT2D eigenvalue weighted by Crippen LogP contribution is -2.32. The standard InChI is InChI=1S/C12H23ClN4S/c1-5-9(4)18-7-11(16-14)12-10(13)6-15-17(12)8(2)3/h6,8-9,11,16H,5,7,14H2,1-4H3. The van der Waals surface area contributed by atoms with Crippen molar-refractivity contribution in [2.24, 2.45) is 5.84 Å². The summed E-state index contributed by atoms with van der Waals surface area (Å²) in [6, 6.07) is 0.304. The minimum absolute atomic E-state index is 0.0291. The molecule has 0 aliphatic carbocycles. The van der Waals surface area contributed by atoms with Gasteiger partial charge >= 0.3 is 0 Å². The molecule has 1 aromatic heterocycles. The van der Waals surface area contributed by atoms with Gasteiger partial charge in [0.1, 0.15) is 0 Å². The zero-order valence-electron chi connectivity index (χ0n) is 11.5. The zero-order chi connectivity index (χ0) is 13.7. The van der Waals surface area contributed by atoms with Gasteiger partial charge in [-0.2, -0.15) is 16.9 Å². The van der Waals surface area contributed by atoms with E-state index in [1.54, 1.807) is 6.20 Å². The number of thioether (sulfide) groups is 1. The van der Waals surface area contributed by atoms with E-state index in [2.05, 4.69) is 38.2 Å². The minimum atomic E-state index is 0.0291. The molecule has 6 heteroatoms. The molecule has 1 aromatic rings. The first-order valence-corrected chi connectivity index (χ1v) is 7.74. The maximum atomic E-state index is 6.22. The Hall–Kier alpha value is -0.230. The van der Waals surface area contributed by atoms with Crippen molar-refractivity contribution in [1.29, 1.82) is 0 Å². The summed E-state index contributed by atoms with van der Waals surface area (Å²) in [6.45, 7) is 8.58. The van der Waals surface area contributed by atoms with Gasteiger partial charge in [0.15, 0.2) is 0 Å². The number of rotatable bonds is 7. The molecule has 0 fully saturated rings. The summed E-state index contributed by atoms with van der Waals surface area (Å²) in [5, 5.41) is 5.61. The van der Waals surface area contributed by atoms with Crippen LogP contribution in [-0.4, -0.2) is 20.8 Å². The van der Waals surface area contributed by atoms with E-state index in [9.17, 15) is 0 Å². The van der Waals surface area contributed by atoms with Crippen LogP contribution in [0.1, 0.15) is 51.9 Å². The number of nitrogens with one attached hydrogen (secondary N) is 1. The van der Waals surface area contributed by atoms with Gasteiger partial charge in [-0.3, -0.25) is 16.0 Å². The van der Waals surface area contributed by atoms with Crippen molar-refractivity contribution < 1.29 is 0 Å². The summed E-state index contributed by atoms with van der Waals surface area (Å²) in [6.07, 6.45) is 2.84. The topological polar surface area (TPSA) is 55.9 Å². The molecular weight excluding hydrogens is 268 g/mol. The van der Waals surface area contributed by atoms with E-state index < -0.39 is 0 Å². The highest BCUT2D eigenvalue weighted by atomic mass is 35.5. The van der Waals surface area contributed by atoms with Crippen LogP contribution >= 0.6 is 23.4 Å². The largest absolute Gasteiger partial charge is 0.271 e. The van der Waals surface area contributed by atoms with Crippen LogP contribution in [0, 0.1) is 0 Å². The fourth-order valence-electron chi connectivity index (χ4n) is 1.67. The summed E-state index contributed by atoms with van der Waals surface area (Å²) in [5.74, 6) is 6.56. The third-order valence-electron chi connectivity index (χ3n) is 2.93. The lowest BCUT2D eigenvalue weighted by molar-refractivity contribution is 0.468. The van der Waals surface area contributed by atoms with Gasteiger partial charge in [0.2, 0.25) is 0 Å². The van der Waals surface area contributed by atoms with Crippen LogP contribution in [0.4, 0.5) is 0 Å². The van der Waals surface area contributed by atoms with Crippen molar-refractivity contribution in [3.05, 3.63) is 16.9 Å². The molecule has 0 aliphatic heterocycles. The van der Waals surface area contributed by atoms with E-state index in [0.29, 0.717) is 10.3 Å². The first kappa shape index (κ1) is 15.8. The van der Waals surface area contributed by atoms with E-state index in [0.717, 1.165) is 17.9 Å². The molecule has 0 saturated heterocycles. The average molecular weight is 291 g/mol. The molecule has 0 radical (unpaired) electrons. The summed E-state index contributed by atoms with van der Waals surface area (Å²) in [7, 11) is 0. The summed E-state index contributed by atoms with van der Waals surface area (Å²) >= 11 is 8.12. The van der Waals surface area contributed by atoms with Crippen molar-refractivity contribution >= 4 is 23.4 Å². The quantitative estimate of drug-likeness (QED) is 0.598. The van der Waals surface area contributed by atoms with E-state index in [4.69, 9.17) is 17.4 Å². The number of nitrogens with zero attached hydrogens (tertiary/aromatic N) is 2. The minimum Gasteiger partial charge on any atom is -0.271 e. The Labute approximate surface area is 119 Å². The average Bonchev–Trinajstić information content (AvgIpc) is 2.72. The number of nitrogens with two attached hydrogens (primary N) is 1. The highest BCUT2D eigenvalue weighted by Gasteiger charge is 2.21. The van der Waals surface area contributed by atoms with Gasteiger partial charge in [-0.15, -0.1) is 0 Å². The summed E-state index contributed by atoms with van der Waals surface area (Å²) in [5.41, 5.74) is 3.83. The summed E-state index contributed by atoms with van der Waals surface area (Å²) in [4.78, 5) is 0. The van der Waals surface area contributed by atoms with E-state index in [1.165, 1.54) is 0 Å². The number of hydrogen-bond acceptors (Lipinski definition) is 4. The molecule has 0 aliphatic rings. The molecule has 104 valence electrons. The Morgan fingerprint density at radius 1 is 1.50 bits per heavy atom. The van der Waals surface area contributed by atoms with E-state index in [-0.39, 0.29) is 12.1 Å². The van der Waals surface area contributed by atoms with Crippen molar-refractivity contribution in [3.63, 3.8) is 0 Å². The Balaban J connectivity index is 2.84. The van der Waals surface area contributed by atoms with Gasteiger partial charge in [0, 0.05) is 17.0 Å². The second kappa shape index (κ2) is 7.38. The van der Waals surface area contributed by atoms with Crippen LogP contribution < -0.4 is 11.3 Å². The van der Waals surface area contributed by atoms with E-state index in [1.807, 2.05) is 16.4 Å². The van der Waals surface area contributed by atoms with Gasteiger partial charge in [0.05, 0.1) is 23.0 Å². The summed E-state index contributed by atoms with van der Waals surface area (Å²) < 4.78 is 1.93. The van der Waals surface area contributed by atoms with Crippen LogP contribution in [0.25, 0.3) is 0 Å². The monoisotopic (exact) mass is 290 g/mol. The van der Waals surface area contributed by atoms with Gasteiger partial charge in [-0.25, -0.2) is 0 Å². The molecule has 0 saturated carbocycles. The van der Waals surface area contributed by atoms with Crippen LogP contribution in [-0.2, 0) is 0 Å². The van der Waals surface area contributed by atoms with Gasteiger partial charge < -0.3 is 0 Å². The van der Waals surface area contributed by atoms with Crippen LogP contribution in [0.5, 0.6) is 0 Å². The Morgan fingerprint density at radius 2 is 2.17 bits per heavy atom. The number of halogens is 1. The third-order valence-corrected chi connectivity index (χ3v) is 4.65. The Kier molecular flexibility index (Phi) is 6.49. The maximum Gasteiger partial charge on any atom is 0.0835 e. The maximum absolute atomic E-state index is 6.22. The second-order valence-electron chi connectivity index (χ2n) is 4.69. The van der Waals surface area contributed by atoms with Crippen LogP contribution in [0.3, 0.4) is 0 Å². The smallest absolute Gasteiger partial charge is 0.0835 e. The predicted molar refractivity (Wildman–Crippen MR) is 79.9 cm³/mol. The highest BCUT2D eigenvalue weighted by molar-refractivity contribution is 7.99. The van der Waals surface area contributed by atoms with Crippen molar-refractivity contribution in [2.75, 3.05) is 5.75 Å². The highest BCUT2D eigenvalue weighted by Crippen LogP contribution is 2.29. The second-order valence-corrected chi connectivity index (χ2v) is 6.57. The fraction of sp³-hybridized carbons (Fsp3) is 0.750. The van der Waals surface area contributed by atoms with Crippen LogP contribution in [0.2, 0.25) is 5.02 Å². The molecule has 1 heterocycles. The Bertz CT molecular complexity index is 367. The van der Waals surface area contributed by atoms with Crippen LogP contribution in [0.15, 0.2) is 6.20 Å². The molecule has 2 atom stereocenters. The lowest BCUT2D eigenvalue weighted by Gasteiger charge is -2.21. The third kappa shape index (κ3) is 3.88. The van der Waals surface area contributed by atoms with Gasteiger partial charge in [-0.1, -0.05) is 25.4 Å². The lowest BCUT2D eigenvalue weighted by atomic mass is 10.2. The van der Waals surface area contributed by atoms with Gasteiger partial charge in [0.25, 0.3) is 0 Å². The number of hydrogen-bond donors (Lipinski definition) is 2. The molecule has 18 heavy (non-hydrogen) atoms. The first-order valence-electron chi connectivity index (χ1n) is 6.31. The zero-order valence-corrected chi connectivity index (χ0v) is 13.1. The SMILES string of the molecule is CCC(C)SCC(NN)c1c(Cl)cnn1C(C)C. The molecule has 2 unspecified atom stereocenters. The first-order chi connectivity index (χ1) is 8.51. The predicted octanol–water partition coefficient (Wildman–Crippen LogP) is 3.15. The molecule has 1 rings (SSSR count). The molecular formula is C12H23ClN4S. The normalized spacial score (nSPS) is 15.1. The van der Waals surface area contributed by atoms with Gasteiger partial charge in [-0.05, 0) is 20.3 Å². The Morgan fingerprint density at radius 3 is 2.67 bits per heavy atom. The molecule has 0 bridgehead atoms. The fourth-order valence-corrected chi connectivity index (χ4v) is 2.95.